The molecular formula is C14H31N3. The number of likely N-dealkylation sites (tertiary alicyclic amines) is 1. The average Bonchev–Trinajstić information content (AvgIpc) is 2.30. The molecule has 1 aliphatic heterocycles. The van der Waals surface area contributed by atoms with E-state index in [-0.39, 0.29) is 0 Å². The largest absolute Gasteiger partial charge is 0.326 e. The summed E-state index contributed by atoms with van der Waals surface area (Å²) in [6.45, 7) is 9.26. The summed E-state index contributed by atoms with van der Waals surface area (Å²) in [5.41, 5.74) is 6.21. The van der Waals surface area contributed by atoms with Crippen LogP contribution in [-0.4, -0.2) is 56.1 Å². The SMILES string of the molecule is CCC(C)C(N)CN(C)CC1CCN(C)CC1. The van der Waals surface area contributed by atoms with Crippen LogP contribution in [0, 0.1) is 11.8 Å². The van der Waals surface area contributed by atoms with Crippen molar-refractivity contribution in [1.82, 2.24) is 9.80 Å². The summed E-state index contributed by atoms with van der Waals surface area (Å²) in [6, 6.07) is 0.330. The van der Waals surface area contributed by atoms with E-state index in [1.165, 1.54) is 38.9 Å². The molecule has 3 nitrogen and oxygen atoms in total. The quantitative estimate of drug-likeness (QED) is 0.767. The Morgan fingerprint density at radius 2 is 1.94 bits per heavy atom. The van der Waals surface area contributed by atoms with E-state index >= 15 is 0 Å². The van der Waals surface area contributed by atoms with Crippen molar-refractivity contribution in [1.29, 1.82) is 0 Å². The van der Waals surface area contributed by atoms with Gasteiger partial charge < -0.3 is 15.5 Å². The zero-order valence-corrected chi connectivity index (χ0v) is 12.2. The number of hydrogen-bond donors (Lipinski definition) is 1. The maximum Gasteiger partial charge on any atom is 0.0193 e. The Labute approximate surface area is 107 Å². The molecular weight excluding hydrogens is 210 g/mol. The second kappa shape index (κ2) is 7.34. The molecule has 2 N–H and O–H groups in total. The molecule has 0 aliphatic carbocycles. The van der Waals surface area contributed by atoms with Crippen LogP contribution in [0.2, 0.25) is 0 Å². The van der Waals surface area contributed by atoms with Crippen molar-refractivity contribution < 1.29 is 0 Å². The van der Waals surface area contributed by atoms with Gasteiger partial charge in [-0.1, -0.05) is 20.3 Å². The predicted octanol–water partition coefficient (Wildman–Crippen LogP) is 1.63. The smallest absolute Gasteiger partial charge is 0.0193 e. The molecule has 0 aromatic carbocycles. The highest BCUT2D eigenvalue weighted by atomic mass is 15.1. The Morgan fingerprint density at radius 1 is 1.35 bits per heavy atom. The van der Waals surface area contributed by atoms with E-state index in [1.54, 1.807) is 0 Å². The van der Waals surface area contributed by atoms with Crippen molar-refractivity contribution in [3.05, 3.63) is 0 Å². The summed E-state index contributed by atoms with van der Waals surface area (Å²) in [7, 11) is 4.44. The molecule has 3 heteroatoms. The number of piperidine rings is 1. The van der Waals surface area contributed by atoms with Gasteiger partial charge in [0.05, 0.1) is 0 Å². The zero-order valence-electron chi connectivity index (χ0n) is 12.2. The van der Waals surface area contributed by atoms with E-state index in [0.717, 1.165) is 12.5 Å². The third kappa shape index (κ3) is 5.36. The van der Waals surface area contributed by atoms with Gasteiger partial charge in [0.1, 0.15) is 0 Å². The van der Waals surface area contributed by atoms with Crippen LogP contribution in [0.5, 0.6) is 0 Å². The Bertz CT molecular complexity index is 200. The normalized spacial score (nSPS) is 22.9. The van der Waals surface area contributed by atoms with Crippen molar-refractivity contribution in [3.63, 3.8) is 0 Å². The maximum absolute atomic E-state index is 6.21. The number of rotatable bonds is 6. The molecule has 0 aromatic rings. The monoisotopic (exact) mass is 241 g/mol. The Kier molecular flexibility index (Phi) is 6.45. The van der Waals surface area contributed by atoms with E-state index < -0.39 is 0 Å². The van der Waals surface area contributed by atoms with Gasteiger partial charge in [-0.2, -0.15) is 0 Å². The minimum atomic E-state index is 0.330. The van der Waals surface area contributed by atoms with Gasteiger partial charge in [-0.15, -0.1) is 0 Å². The first kappa shape index (κ1) is 14.9. The molecule has 0 radical (unpaired) electrons. The molecule has 102 valence electrons. The number of likely N-dealkylation sites (N-methyl/N-ethyl adjacent to an activating group) is 1. The maximum atomic E-state index is 6.21. The third-order valence-electron chi connectivity index (χ3n) is 4.31. The van der Waals surface area contributed by atoms with E-state index in [9.17, 15) is 0 Å². The molecule has 0 spiro atoms. The van der Waals surface area contributed by atoms with Crippen LogP contribution < -0.4 is 5.73 Å². The third-order valence-corrected chi connectivity index (χ3v) is 4.31. The number of nitrogens with two attached hydrogens (primary N) is 1. The van der Waals surface area contributed by atoms with Crippen LogP contribution in [-0.2, 0) is 0 Å². The van der Waals surface area contributed by atoms with Gasteiger partial charge in [-0.3, -0.25) is 0 Å². The minimum absolute atomic E-state index is 0.330. The lowest BCUT2D eigenvalue weighted by atomic mass is 9.95. The van der Waals surface area contributed by atoms with Gasteiger partial charge in [0.25, 0.3) is 0 Å². The summed E-state index contributed by atoms with van der Waals surface area (Å²) >= 11 is 0. The molecule has 17 heavy (non-hydrogen) atoms. The van der Waals surface area contributed by atoms with E-state index in [1.807, 2.05) is 0 Å². The van der Waals surface area contributed by atoms with Gasteiger partial charge in [-0.05, 0) is 51.9 Å². The van der Waals surface area contributed by atoms with Crippen molar-refractivity contribution >= 4 is 0 Å². The standard InChI is InChI=1S/C14H31N3/c1-5-12(2)14(15)11-17(4)10-13-6-8-16(3)9-7-13/h12-14H,5-11,15H2,1-4H3. The molecule has 2 atom stereocenters. The Hall–Kier alpha value is -0.120. The van der Waals surface area contributed by atoms with Crippen molar-refractivity contribution in [2.75, 3.05) is 40.3 Å². The molecule has 1 rings (SSSR count). The van der Waals surface area contributed by atoms with Crippen LogP contribution >= 0.6 is 0 Å². The van der Waals surface area contributed by atoms with Crippen molar-refractivity contribution in [2.45, 2.75) is 39.2 Å². The molecule has 1 heterocycles. The average molecular weight is 241 g/mol. The van der Waals surface area contributed by atoms with Crippen LogP contribution in [0.1, 0.15) is 33.1 Å². The second-order valence-electron chi connectivity index (χ2n) is 6.02. The predicted molar refractivity (Wildman–Crippen MR) is 75.1 cm³/mol. The van der Waals surface area contributed by atoms with Crippen LogP contribution in [0.4, 0.5) is 0 Å². The summed E-state index contributed by atoms with van der Waals surface area (Å²) < 4.78 is 0. The summed E-state index contributed by atoms with van der Waals surface area (Å²) in [4.78, 5) is 4.87. The first-order valence-corrected chi connectivity index (χ1v) is 7.15. The van der Waals surface area contributed by atoms with Crippen LogP contribution in [0.25, 0.3) is 0 Å². The minimum Gasteiger partial charge on any atom is -0.326 e. The van der Waals surface area contributed by atoms with Crippen molar-refractivity contribution in [2.24, 2.45) is 17.6 Å². The molecule has 1 aliphatic rings. The second-order valence-corrected chi connectivity index (χ2v) is 6.02. The highest BCUT2D eigenvalue weighted by Gasteiger charge is 2.20. The molecule has 0 saturated carbocycles. The lowest BCUT2D eigenvalue weighted by Crippen LogP contribution is -2.42. The molecule has 2 unspecified atom stereocenters. The van der Waals surface area contributed by atoms with Gasteiger partial charge >= 0.3 is 0 Å². The topological polar surface area (TPSA) is 32.5 Å². The van der Waals surface area contributed by atoms with Crippen LogP contribution in [0.15, 0.2) is 0 Å². The summed E-state index contributed by atoms with van der Waals surface area (Å²) in [5, 5.41) is 0. The molecule has 1 saturated heterocycles. The lowest BCUT2D eigenvalue weighted by Gasteiger charge is -2.33. The highest BCUT2D eigenvalue weighted by Crippen LogP contribution is 2.17. The Balaban J connectivity index is 2.22. The van der Waals surface area contributed by atoms with Gasteiger partial charge in [0.15, 0.2) is 0 Å². The molecule has 0 aromatic heterocycles. The summed E-state index contributed by atoms with van der Waals surface area (Å²) in [5.74, 6) is 1.51. The number of hydrogen-bond acceptors (Lipinski definition) is 3. The lowest BCUT2D eigenvalue weighted by molar-refractivity contribution is 0.167. The highest BCUT2D eigenvalue weighted by molar-refractivity contribution is 4.76. The first-order valence-electron chi connectivity index (χ1n) is 7.15. The van der Waals surface area contributed by atoms with E-state index in [4.69, 9.17) is 5.73 Å². The van der Waals surface area contributed by atoms with Crippen molar-refractivity contribution in [3.8, 4) is 0 Å². The fourth-order valence-electron chi connectivity index (χ4n) is 2.60. The number of nitrogens with zero attached hydrogens (tertiary/aromatic N) is 2. The van der Waals surface area contributed by atoms with Gasteiger partial charge in [-0.25, -0.2) is 0 Å². The van der Waals surface area contributed by atoms with Crippen LogP contribution in [0.3, 0.4) is 0 Å². The van der Waals surface area contributed by atoms with Gasteiger partial charge in [0.2, 0.25) is 0 Å². The zero-order chi connectivity index (χ0) is 12.8. The fourth-order valence-corrected chi connectivity index (χ4v) is 2.60. The molecule has 0 bridgehead atoms. The molecule has 0 amide bonds. The fraction of sp³-hybridized carbons (Fsp3) is 1.00. The van der Waals surface area contributed by atoms with E-state index in [2.05, 4.69) is 37.7 Å². The summed E-state index contributed by atoms with van der Waals surface area (Å²) in [6.07, 6.45) is 3.88. The molecule has 1 fully saturated rings. The Morgan fingerprint density at radius 3 is 2.47 bits per heavy atom. The first-order chi connectivity index (χ1) is 8.02. The van der Waals surface area contributed by atoms with E-state index in [0.29, 0.717) is 12.0 Å². The van der Waals surface area contributed by atoms with Gasteiger partial charge in [0, 0.05) is 19.1 Å².